The lowest BCUT2D eigenvalue weighted by Gasteiger charge is -2.13. The minimum atomic E-state index is -0.947. The Morgan fingerprint density at radius 3 is 2.67 bits per heavy atom. The average molecular weight is 251 g/mol. The van der Waals surface area contributed by atoms with Gasteiger partial charge < -0.3 is 15.2 Å². The highest BCUT2D eigenvalue weighted by Crippen LogP contribution is 2.15. The molecule has 0 aliphatic heterocycles. The predicted molar refractivity (Wildman–Crippen MR) is 67.1 cm³/mol. The zero-order valence-electron chi connectivity index (χ0n) is 10.7. The van der Waals surface area contributed by atoms with Crippen molar-refractivity contribution in [2.75, 3.05) is 12.3 Å². The molecule has 1 aromatic carbocycles. The van der Waals surface area contributed by atoms with E-state index in [9.17, 15) is 9.59 Å². The Morgan fingerprint density at radius 1 is 1.39 bits per heavy atom. The number of rotatable bonds is 4. The summed E-state index contributed by atoms with van der Waals surface area (Å²) in [5.41, 5.74) is 7.15. The standard InChI is InChI=1S/C13H17NO4/c1-4-17-12(15)9(3)18-13(16)10-7-8(2)5-6-11(10)14/h5-7,9H,4,14H2,1-3H3. The van der Waals surface area contributed by atoms with Crippen molar-refractivity contribution in [1.82, 2.24) is 0 Å². The minimum absolute atomic E-state index is 0.243. The Kier molecular flexibility index (Phi) is 4.71. The van der Waals surface area contributed by atoms with Gasteiger partial charge in [-0.15, -0.1) is 0 Å². The second-order valence-electron chi connectivity index (χ2n) is 3.89. The number of esters is 2. The highest BCUT2D eigenvalue weighted by Gasteiger charge is 2.21. The van der Waals surface area contributed by atoms with Crippen LogP contribution in [0, 0.1) is 6.92 Å². The van der Waals surface area contributed by atoms with Crippen molar-refractivity contribution < 1.29 is 19.1 Å². The first-order chi connectivity index (χ1) is 8.45. The zero-order chi connectivity index (χ0) is 13.7. The lowest BCUT2D eigenvalue weighted by Crippen LogP contribution is -2.26. The third-order valence-electron chi connectivity index (χ3n) is 2.33. The van der Waals surface area contributed by atoms with Crippen LogP contribution in [0.15, 0.2) is 18.2 Å². The van der Waals surface area contributed by atoms with Gasteiger partial charge in [0.25, 0.3) is 0 Å². The molecule has 5 heteroatoms. The SMILES string of the molecule is CCOC(=O)C(C)OC(=O)c1cc(C)ccc1N. The van der Waals surface area contributed by atoms with Crippen LogP contribution in [0.4, 0.5) is 5.69 Å². The van der Waals surface area contributed by atoms with Crippen LogP contribution in [-0.2, 0) is 14.3 Å². The molecule has 5 nitrogen and oxygen atoms in total. The van der Waals surface area contributed by atoms with Crippen LogP contribution in [0.1, 0.15) is 29.8 Å². The van der Waals surface area contributed by atoms with Crippen molar-refractivity contribution in [1.29, 1.82) is 0 Å². The molecule has 98 valence electrons. The van der Waals surface area contributed by atoms with E-state index in [-0.39, 0.29) is 12.2 Å². The second-order valence-corrected chi connectivity index (χ2v) is 3.89. The summed E-state index contributed by atoms with van der Waals surface area (Å²) in [6, 6.07) is 5.04. The molecule has 0 fully saturated rings. The van der Waals surface area contributed by atoms with Gasteiger partial charge in [0.15, 0.2) is 6.10 Å². The topological polar surface area (TPSA) is 78.6 Å². The quantitative estimate of drug-likeness (QED) is 0.650. The molecule has 1 atom stereocenters. The minimum Gasteiger partial charge on any atom is -0.463 e. The molecule has 1 aromatic rings. The van der Waals surface area contributed by atoms with Crippen molar-refractivity contribution in [2.24, 2.45) is 0 Å². The maximum Gasteiger partial charge on any atom is 0.347 e. The molecule has 2 N–H and O–H groups in total. The summed E-state index contributed by atoms with van der Waals surface area (Å²) < 4.78 is 9.74. The molecule has 0 aliphatic rings. The van der Waals surface area contributed by atoms with Gasteiger partial charge in [0, 0.05) is 5.69 Å². The highest BCUT2D eigenvalue weighted by molar-refractivity contribution is 5.96. The average Bonchev–Trinajstić information content (AvgIpc) is 2.32. The molecular weight excluding hydrogens is 234 g/mol. The Bertz CT molecular complexity index is 456. The summed E-state index contributed by atoms with van der Waals surface area (Å²) in [6.07, 6.45) is -0.947. The largest absolute Gasteiger partial charge is 0.463 e. The van der Waals surface area contributed by atoms with Crippen molar-refractivity contribution in [3.8, 4) is 0 Å². The van der Waals surface area contributed by atoms with Crippen LogP contribution in [-0.4, -0.2) is 24.6 Å². The maximum atomic E-state index is 11.8. The van der Waals surface area contributed by atoms with E-state index in [0.717, 1.165) is 5.56 Å². The van der Waals surface area contributed by atoms with Crippen LogP contribution >= 0.6 is 0 Å². The van der Waals surface area contributed by atoms with Crippen LogP contribution in [0.5, 0.6) is 0 Å². The summed E-state index contributed by atoms with van der Waals surface area (Å²) in [5, 5.41) is 0. The lowest BCUT2D eigenvalue weighted by atomic mass is 10.1. The molecule has 0 saturated heterocycles. The number of ether oxygens (including phenoxy) is 2. The van der Waals surface area contributed by atoms with Gasteiger partial charge in [0.1, 0.15) is 0 Å². The van der Waals surface area contributed by atoms with Gasteiger partial charge >= 0.3 is 11.9 Å². The molecule has 0 bridgehead atoms. The van der Waals surface area contributed by atoms with Crippen LogP contribution in [0.25, 0.3) is 0 Å². The fourth-order valence-electron chi connectivity index (χ4n) is 1.38. The van der Waals surface area contributed by atoms with Gasteiger partial charge in [-0.05, 0) is 32.9 Å². The highest BCUT2D eigenvalue weighted by atomic mass is 16.6. The van der Waals surface area contributed by atoms with Gasteiger partial charge in [-0.1, -0.05) is 11.6 Å². The maximum absolute atomic E-state index is 11.8. The normalized spacial score (nSPS) is 11.7. The van der Waals surface area contributed by atoms with Crippen molar-refractivity contribution in [2.45, 2.75) is 26.9 Å². The van der Waals surface area contributed by atoms with Crippen LogP contribution < -0.4 is 5.73 Å². The monoisotopic (exact) mass is 251 g/mol. The number of carbonyl (C=O) groups is 2. The third-order valence-corrected chi connectivity index (χ3v) is 2.33. The van der Waals surface area contributed by atoms with Gasteiger partial charge in [-0.3, -0.25) is 0 Å². The first-order valence-corrected chi connectivity index (χ1v) is 5.69. The van der Waals surface area contributed by atoms with E-state index in [1.54, 1.807) is 25.1 Å². The summed E-state index contributed by atoms with van der Waals surface area (Å²) in [7, 11) is 0. The van der Waals surface area contributed by atoms with Crippen LogP contribution in [0.3, 0.4) is 0 Å². The fourth-order valence-corrected chi connectivity index (χ4v) is 1.38. The zero-order valence-corrected chi connectivity index (χ0v) is 10.7. The summed E-state index contributed by atoms with van der Waals surface area (Å²) >= 11 is 0. The summed E-state index contributed by atoms with van der Waals surface area (Å²) in [5.74, 6) is -1.20. The fraction of sp³-hybridized carbons (Fsp3) is 0.385. The Hall–Kier alpha value is -2.04. The molecule has 0 heterocycles. The number of carbonyl (C=O) groups excluding carboxylic acids is 2. The number of aryl methyl sites for hydroxylation is 1. The Labute approximate surface area is 106 Å². The van der Waals surface area contributed by atoms with Crippen molar-refractivity contribution in [3.05, 3.63) is 29.3 Å². The van der Waals surface area contributed by atoms with E-state index in [2.05, 4.69) is 0 Å². The number of benzene rings is 1. The van der Waals surface area contributed by atoms with Gasteiger partial charge in [-0.25, -0.2) is 9.59 Å². The summed E-state index contributed by atoms with van der Waals surface area (Å²) in [4.78, 5) is 23.2. The predicted octanol–water partition coefficient (Wildman–Crippen LogP) is 1.69. The number of nitrogens with two attached hydrogens (primary N) is 1. The molecule has 0 aliphatic carbocycles. The number of anilines is 1. The molecule has 0 saturated carbocycles. The number of hydrogen-bond donors (Lipinski definition) is 1. The van der Waals surface area contributed by atoms with Crippen LogP contribution in [0.2, 0.25) is 0 Å². The molecule has 1 unspecified atom stereocenters. The van der Waals surface area contributed by atoms with E-state index in [4.69, 9.17) is 15.2 Å². The molecular formula is C13H17NO4. The third kappa shape index (κ3) is 3.48. The molecule has 0 radical (unpaired) electrons. The first kappa shape index (κ1) is 14.0. The summed E-state index contributed by atoms with van der Waals surface area (Å²) in [6.45, 7) is 5.23. The second kappa shape index (κ2) is 6.05. The van der Waals surface area contributed by atoms with Gasteiger partial charge in [0.2, 0.25) is 0 Å². The Morgan fingerprint density at radius 2 is 2.06 bits per heavy atom. The Balaban J connectivity index is 2.76. The number of nitrogen functional groups attached to an aromatic ring is 1. The molecule has 18 heavy (non-hydrogen) atoms. The smallest absolute Gasteiger partial charge is 0.347 e. The van der Waals surface area contributed by atoms with E-state index >= 15 is 0 Å². The van der Waals surface area contributed by atoms with E-state index in [1.807, 2.05) is 6.92 Å². The molecule has 1 rings (SSSR count). The van der Waals surface area contributed by atoms with Gasteiger partial charge in [0.05, 0.1) is 12.2 Å². The van der Waals surface area contributed by atoms with Gasteiger partial charge in [-0.2, -0.15) is 0 Å². The molecule has 0 aromatic heterocycles. The van der Waals surface area contributed by atoms with E-state index < -0.39 is 18.0 Å². The van der Waals surface area contributed by atoms with Crippen molar-refractivity contribution in [3.63, 3.8) is 0 Å². The molecule has 0 amide bonds. The van der Waals surface area contributed by atoms with Crippen molar-refractivity contribution >= 4 is 17.6 Å². The van der Waals surface area contributed by atoms with E-state index in [1.165, 1.54) is 6.92 Å². The lowest BCUT2D eigenvalue weighted by molar-refractivity contribution is -0.152. The first-order valence-electron chi connectivity index (χ1n) is 5.69. The molecule has 0 spiro atoms. The van der Waals surface area contributed by atoms with E-state index in [0.29, 0.717) is 5.69 Å². The number of hydrogen-bond acceptors (Lipinski definition) is 5.